The Hall–Kier alpha value is -0.400. The fourth-order valence-corrected chi connectivity index (χ4v) is 1.05. The van der Waals surface area contributed by atoms with Gasteiger partial charge in [0.05, 0.1) is 15.7 Å². The molecule has 3 heteroatoms. The van der Waals surface area contributed by atoms with Gasteiger partial charge in [0.2, 0.25) is 0 Å². The van der Waals surface area contributed by atoms with E-state index in [1.54, 1.807) is 6.07 Å². The van der Waals surface area contributed by atoms with Crippen molar-refractivity contribution in [1.29, 1.82) is 0 Å². The summed E-state index contributed by atoms with van der Waals surface area (Å²) in [4.78, 5) is 0. The van der Waals surface area contributed by atoms with Gasteiger partial charge in [-0.3, -0.25) is 0 Å². The molecule has 0 saturated heterocycles. The van der Waals surface area contributed by atoms with Crippen molar-refractivity contribution in [3.63, 3.8) is 0 Å². The molecule has 1 rings (SSSR count). The van der Waals surface area contributed by atoms with Gasteiger partial charge in [-0.2, -0.15) is 0 Å². The summed E-state index contributed by atoms with van der Waals surface area (Å²) in [6, 6.07) is 3.57. The third kappa shape index (κ3) is 1.20. The highest BCUT2D eigenvalue weighted by molar-refractivity contribution is 6.39. The van der Waals surface area contributed by atoms with Crippen LogP contribution in [0.1, 0.15) is 5.56 Å². The minimum absolute atomic E-state index is 0.461. The molecule has 0 spiro atoms. The number of aryl methyl sites for hydroxylation is 1. The number of hydrogen-bond acceptors (Lipinski definition) is 1. The van der Waals surface area contributed by atoms with Gasteiger partial charge in [-0.25, -0.2) is 0 Å². The summed E-state index contributed by atoms with van der Waals surface area (Å²) < 4.78 is 0. The highest BCUT2D eigenvalue weighted by Gasteiger charge is 2.02. The Balaban J connectivity index is 3.34. The fraction of sp³-hybridized carbons (Fsp3) is 0.143. The maximum absolute atomic E-state index is 5.77. The van der Waals surface area contributed by atoms with Crippen LogP contribution in [0.25, 0.3) is 0 Å². The molecule has 1 aromatic carbocycles. The Labute approximate surface area is 69.7 Å². The largest absolute Gasteiger partial charge is 0.396 e. The molecule has 0 heterocycles. The Morgan fingerprint density at radius 2 is 1.90 bits per heavy atom. The van der Waals surface area contributed by atoms with E-state index in [0.29, 0.717) is 15.7 Å². The van der Waals surface area contributed by atoms with E-state index in [9.17, 15) is 0 Å². The molecule has 0 saturated carbocycles. The molecule has 0 amide bonds. The highest BCUT2D eigenvalue weighted by atomic mass is 35.5. The normalized spacial score (nSPS) is 9.90. The first-order valence-electron chi connectivity index (χ1n) is 2.83. The molecule has 0 bridgehead atoms. The van der Waals surface area contributed by atoms with Gasteiger partial charge in [-0.1, -0.05) is 29.3 Å². The molecule has 10 heavy (non-hydrogen) atoms. The Bertz CT molecular complexity index is 231. The van der Waals surface area contributed by atoms with Gasteiger partial charge in [-0.15, -0.1) is 0 Å². The van der Waals surface area contributed by atoms with E-state index in [0.717, 1.165) is 5.56 Å². The van der Waals surface area contributed by atoms with E-state index >= 15 is 0 Å². The average Bonchev–Trinajstić information content (AvgIpc) is 1.93. The summed E-state index contributed by atoms with van der Waals surface area (Å²) >= 11 is 11.4. The lowest BCUT2D eigenvalue weighted by atomic mass is 11.5. The summed E-state index contributed by atoms with van der Waals surface area (Å²) in [6.45, 7) is 1.88. The topological polar surface area (TPSA) is 26.0 Å². The number of benzene rings is 1. The second kappa shape index (κ2) is 2.69. The SMILES string of the molecule is C[14c]1[14cH][14cH][14c](Cl)[14c](N)[14c]1Cl. The average molecular weight is 188 g/mol. The molecule has 0 atom stereocenters. The number of nitrogens with two attached hydrogens (primary N) is 1. The van der Waals surface area contributed by atoms with E-state index < -0.39 is 0 Å². The van der Waals surface area contributed by atoms with E-state index in [-0.39, 0.29) is 0 Å². The van der Waals surface area contributed by atoms with Crippen LogP contribution in [-0.2, 0) is 0 Å². The third-order valence-electron chi connectivity index (χ3n) is 1.32. The molecule has 0 unspecified atom stereocenters. The van der Waals surface area contributed by atoms with E-state index in [2.05, 4.69) is 0 Å². The maximum Gasteiger partial charge on any atom is 0.0695 e. The molecule has 1 nitrogen and oxygen atoms in total. The summed E-state index contributed by atoms with van der Waals surface area (Å²) in [7, 11) is 0. The van der Waals surface area contributed by atoms with Crippen molar-refractivity contribution in [2.45, 2.75) is 6.92 Å². The quantitative estimate of drug-likeness (QED) is 0.622. The zero-order valence-electron chi connectivity index (χ0n) is 5.49. The van der Waals surface area contributed by atoms with Crippen molar-refractivity contribution in [1.82, 2.24) is 0 Å². The van der Waals surface area contributed by atoms with Gasteiger partial charge in [0.1, 0.15) is 0 Å². The van der Waals surface area contributed by atoms with Crippen LogP contribution in [0.5, 0.6) is 0 Å². The molecule has 0 aromatic heterocycles. The van der Waals surface area contributed by atoms with Gasteiger partial charge in [0.25, 0.3) is 0 Å². The number of hydrogen-bond donors (Lipinski definition) is 1. The minimum atomic E-state index is 0.461. The molecular weight excluding hydrogens is 181 g/mol. The Morgan fingerprint density at radius 1 is 1.30 bits per heavy atom. The lowest BCUT2D eigenvalue weighted by Crippen LogP contribution is -1.89. The summed E-state index contributed by atoms with van der Waals surface area (Å²) in [5, 5.41) is 1.06. The predicted octanol–water partition coefficient (Wildman–Crippen LogP) is 2.88. The lowest BCUT2D eigenvalue weighted by Gasteiger charge is -2.02. The van der Waals surface area contributed by atoms with Crippen LogP contribution in [-0.4, -0.2) is 0 Å². The van der Waals surface area contributed by atoms with Crippen molar-refractivity contribution in [3.05, 3.63) is 27.7 Å². The third-order valence-corrected chi connectivity index (χ3v) is 2.15. The Kier molecular flexibility index (Phi) is 2.07. The predicted molar refractivity (Wildman–Crippen MR) is 45.6 cm³/mol. The van der Waals surface area contributed by atoms with Gasteiger partial charge in [0, 0.05) is 0 Å². The van der Waals surface area contributed by atoms with Crippen LogP contribution < -0.4 is 5.73 Å². The first kappa shape index (κ1) is 7.70. The number of rotatable bonds is 0. The highest BCUT2D eigenvalue weighted by Crippen LogP contribution is 2.29. The van der Waals surface area contributed by atoms with Crippen LogP contribution in [0.3, 0.4) is 0 Å². The number of nitrogen functional groups attached to an aromatic ring is 1. The molecular formula is C7H7Cl2N. The number of anilines is 1. The zero-order chi connectivity index (χ0) is 7.72. The van der Waals surface area contributed by atoms with Crippen LogP contribution in [0.2, 0.25) is 10.0 Å². The molecule has 1 aromatic rings. The Morgan fingerprint density at radius 3 is 2.40 bits per heavy atom. The second-order valence-electron chi connectivity index (χ2n) is 2.09. The maximum atomic E-state index is 5.77. The minimum Gasteiger partial charge on any atom is -0.396 e. The monoisotopic (exact) mass is 187 g/mol. The standard InChI is InChI=1S/C7H7Cl2N/c1-4-2-3-5(8)7(10)6(4)9/h2-3H,10H2,1H3/i2+2,3+2,4+2,5+2,6+2,7+2. The van der Waals surface area contributed by atoms with Gasteiger partial charge in [0.15, 0.2) is 0 Å². The lowest BCUT2D eigenvalue weighted by molar-refractivity contribution is 1.47. The van der Waals surface area contributed by atoms with Crippen molar-refractivity contribution in [2.24, 2.45) is 0 Å². The van der Waals surface area contributed by atoms with E-state index in [4.69, 9.17) is 28.9 Å². The van der Waals surface area contributed by atoms with Gasteiger partial charge < -0.3 is 5.73 Å². The first-order valence-corrected chi connectivity index (χ1v) is 3.58. The molecule has 0 aliphatic rings. The van der Waals surface area contributed by atoms with Gasteiger partial charge >= 0.3 is 0 Å². The molecule has 0 aliphatic heterocycles. The smallest absolute Gasteiger partial charge is 0.0695 e. The first-order chi connectivity index (χ1) is 4.63. The second-order valence-corrected chi connectivity index (χ2v) is 2.88. The van der Waals surface area contributed by atoms with E-state index in [1.807, 2.05) is 13.0 Å². The van der Waals surface area contributed by atoms with Crippen LogP contribution in [0.15, 0.2) is 12.1 Å². The number of halogens is 2. The molecule has 0 radical (unpaired) electrons. The van der Waals surface area contributed by atoms with Crippen molar-refractivity contribution in [3.8, 4) is 0 Å². The summed E-state index contributed by atoms with van der Waals surface area (Å²) in [5.41, 5.74) is 6.93. The van der Waals surface area contributed by atoms with Gasteiger partial charge in [-0.05, 0) is 18.6 Å². The van der Waals surface area contributed by atoms with E-state index in [1.165, 1.54) is 0 Å². The zero-order valence-corrected chi connectivity index (χ0v) is 7.00. The van der Waals surface area contributed by atoms with Crippen molar-refractivity contribution < 1.29 is 0 Å². The molecule has 0 fully saturated rings. The molecule has 54 valence electrons. The van der Waals surface area contributed by atoms with Crippen LogP contribution in [0.4, 0.5) is 5.69 Å². The summed E-state index contributed by atoms with van der Waals surface area (Å²) in [6.07, 6.45) is 0. The summed E-state index contributed by atoms with van der Waals surface area (Å²) in [5.74, 6) is 0. The van der Waals surface area contributed by atoms with Crippen molar-refractivity contribution in [2.75, 3.05) is 5.73 Å². The molecule has 2 N–H and O–H groups in total. The molecule has 0 aliphatic carbocycles. The van der Waals surface area contributed by atoms with Crippen LogP contribution >= 0.6 is 23.2 Å². The van der Waals surface area contributed by atoms with Crippen LogP contribution in [0, 0.1) is 6.92 Å². The fourth-order valence-electron chi connectivity index (χ4n) is 0.678. The van der Waals surface area contributed by atoms with Crippen molar-refractivity contribution >= 4 is 28.9 Å².